The second-order valence-corrected chi connectivity index (χ2v) is 5.68. The summed E-state index contributed by atoms with van der Waals surface area (Å²) in [6.07, 6.45) is 0. The zero-order valence-electron chi connectivity index (χ0n) is 11.6. The molecule has 1 atom stereocenters. The molecule has 0 amide bonds. The Labute approximate surface area is 127 Å². The molecule has 0 aliphatic heterocycles. The van der Waals surface area contributed by atoms with Gasteiger partial charge in [0.2, 0.25) is 0 Å². The van der Waals surface area contributed by atoms with Crippen LogP contribution >= 0.6 is 0 Å². The molecule has 0 heterocycles. The summed E-state index contributed by atoms with van der Waals surface area (Å²) < 4.78 is 47.6. The molecule has 2 aromatic carbocycles. The van der Waals surface area contributed by atoms with Crippen molar-refractivity contribution in [1.82, 2.24) is 0 Å². The molecule has 5 nitrogen and oxygen atoms in total. The predicted molar refractivity (Wildman–Crippen MR) is 77.9 cm³/mol. The van der Waals surface area contributed by atoms with E-state index in [1.54, 1.807) is 24.3 Å². The average Bonchev–Trinajstić information content (AvgIpc) is 2.45. The number of hydrogen-bond acceptors (Lipinski definition) is 4. The molecule has 22 heavy (non-hydrogen) atoms. The van der Waals surface area contributed by atoms with Crippen LogP contribution in [0.5, 0.6) is 0 Å². The van der Waals surface area contributed by atoms with Crippen LogP contribution in [0, 0.1) is 5.82 Å². The van der Waals surface area contributed by atoms with Gasteiger partial charge in [0.15, 0.2) is 0 Å². The molecule has 1 unspecified atom stereocenters. The van der Waals surface area contributed by atoms with Gasteiger partial charge in [-0.3, -0.25) is 9.35 Å². The van der Waals surface area contributed by atoms with E-state index in [9.17, 15) is 17.6 Å². The van der Waals surface area contributed by atoms with Crippen LogP contribution in [0.3, 0.4) is 0 Å². The zero-order valence-corrected chi connectivity index (χ0v) is 12.4. The number of rotatable bonds is 4. The lowest BCUT2D eigenvalue weighted by Gasteiger charge is -2.11. The van der Waals surface area contributed by atoms with Gasteiger partial charge < -0.3 is 4.18 Å². The lowest BCUT2D eigenvalue weighted by molar-refractivity contribution is -0.135. The first-order valence-electron chi connectivity index (χ1n) is 6.33. The SMILES string of the molecule is CC(C(=O)OS(=O)(=O)O)c1ccc(-c2ccccc2)c(F)c1. The van der Waals surface area contributed by atoms with Crippen LogP contribution in [0.25, 0.3) is 11.1 Å². The third-order valence-electron chi connectivity index (χ3n) is 3.12. The van der Waals surface area contributed by atoms with Crippen LogP contribution < -0.4 is 0 Å². The first-order valence-corrected chi connectivity index (χ1v) is 7.70. The number of carbonyl (C=O) groups excluding carboxylic acids is 1. The highest BCUT2D eigenvalue weighted by Gasteiger charge is 2.23. The first kappa shape index (κ1) is 16.1. The number of halogens is 1. The molecule has 0 saturated heterocycles. The fourth-order valence-electron chi connectivity index (χ4n) is 1.96. The molecule has 2 rings (SSSR count). The van der Waals surface area contributed by atoms with Gasteiger partial charge in [0.1, 0.15) is 5.82 Å². The topological polar surface area (TPSA) is 80.7 Å². The number of hydrogen-bond donors (Lipinski definition) is 1. The van der Waals surface area contributed by atoms with Crippen molar-refractivity contribution >= 4 is 16.4 Å². The molecule has 0 saturated carbocycles. The smallest absolute Gasteiger partial charge is 0.324 e. The standard InChI is InChI=1S/C15H13FO5S/c1-10(15(17)21-22(18,19)20)12-7-8-13(14(16)9-12)11-5-3-2-4-6-11/h2-10H,1H3,(H,18,19,20). The van der Waals surface area contributed by atoms with E-state index in [2.05, 4.69) is 4.18 Å². The van der Waals surface area contributed by atoms with Crippen molar-refractivity contribution in [2.75, 3.05) is 0 Å². The molecule has 0 aliphatic rings. The monoisotopic (exact) mass is 324 g/mol. The maximum Gasteiger partial charge on any atom is 0.448 e. The molecule has 0 aliphatic carbocycles. The van der Waals surface area contributed by atoms with E-state index in [1.165, 1.54) is 19.1 Å². The molecule has 1 N–H and O–H groups in total. The Hall–Kier alpha value is -2.25. The van der Waals surface area contributed by atoms with Gasteiger partial charge in [-0.25, -0.2) is 4.39 Å². The van der Waals surface area contributed by atoms with Crippen LogP contribution in [0.2, 0.25) is 0 Å². The Morgan fingerprint density at radius 2 is 1.82 bits per heavy atom. The highest BCUT2D eigenvalue weighted by atomic mass is 32.3. The van der Waals surface area contributed by atoms with Crippen LogP contribution in [0.4, 0.5) is 4.39 Å². The van der Waals surface area contributed by atoms with Crippen molar-refractivity contribution in [3.63, 3.8) is 0 Å². The van der Waals surface area contributed by atoms with Crippen molar-refractivity contribution in [3.05, 3.63) is 59.9 Å². The summed E-state index contributed by atoms with van der Waals surface area (Å²) in [5.74, 6) is -2.77. The van der Waals surface area contributed by atoms with E-state index >= 15 is 0 Å². The van der Waals surface area contributed by atoms with Gasteiger partial charge in [0.05, 0.1) is 5.92 Å². The fourth-order valence-corrected chi connectivity index (χ4v) is 2.32. The summed E-state index contributed by atoms with van der Waals surface area (Å²) in [6, 6.07) is 13.0. The largest absolute Gasteiger partial charge is 0.448 e. The van der Waals surface area contributed by atoms with Gasteiger partial charge >= 0.3 is 16.4 Å². The maximum absolute atomic E-state index is 14.2. The molecule has 0 bridgehead atoms. The van der Waals surface area contributed by atoms with Gasteiger partial charge in [0.25, 0.3) is 0 Å². The van der Waals surface area contributed by atoms with E-state index in [4.69, 9.17) is 4.55 Å². The lowest BCUT2D eigenvalue weighted by Crippen LogP contribution is -2.17. The third-order valence-corrected chi connectivity index (χ3v) is 3.49. The van der Waals surface area contributed by atoms with E-state index in [0.29, 0.717) is 11.1 Å². The first-order chi connectivity index (χ1) is 10.3. The van der Waals surface area contributed by atoms with Gasteiger partial charge in [-0.1, -0.05) is 42.5 Å². The highest BCUT2D eigenvalue weighted by Crippen LogP contribution is 2.26. The van der Waals surface area contributed by atoms with E-state index in [1.807, 2.05) is 6.07 Å². The molecule has 0 fully saturated rings. The van der Waals surface area contributed by atoms with E-state index < -0.39 is 28.1 Å². The Balaban J connectivity index is 2.28. The molecule has 2 aromatic rings. The molecule has 0 spiro atoms. The summed E-state index contributed by atoms with van der Waals surface area (Å²) >= 11 is 0. The highest BCUT2D eigenvalue weighted by molar-refractivity contribution is 7.81. The van der Waals surface area contributed by atoms with Crippen LogP contribution in [0.1, 0.15) is 18.4 Å². The molecule has 7 heteroatoms. The van der Waals surface area contributed by atoms with Crippen molar-refractivity contribution in [3.8, 4) is 11.1 Å². The summed E-state index contributed by atoms with van der Waals surface area (Å²) in [5.41, 5.74) is 1.28. The van der Waals surface area contributed by atoms with Crippen LogP contribution in [0.15, 0.2) is 48.5 Å². The Morgan fingerprint density at radius 1 is 1.18 bits per heavy atom. The Morgan fingerprint density at radius 3 is 2.36 bits per heavy atom. The predicted octanol–water partition coefficient (Wildman–Crippen LogP) is 2.94. The van der Waals surface area contributed by atoms with Gasteiger partial charge in [-0.05, 0) is 24.1 Å². The molecule has 0 radical (unpaired) electrons. The zero-order chi connectivity index (χ0) is 16.3. The summed E-state index contributed by atoms with van der Waals surface area (Å²) in [7, 11) is -4.88. The van der Waals surface area contributed by atoms with Crippen LogP contribution in [-0.4, -0.2) is 18.9 Å². The number of benzene rings is 2. The molecule has 116 valence electrons. The van der Waals surface area contributed by atoms with Gasteiger partial charge in [-0.15, -0.1) is 0 Å². The molecular weight excluding hydrogens is 311 g/mol. The van der Waals surface area contributed by atoms with Crippen LogP contribution in [-0.2, 0) is 19.4 Å². The summed E-state index contributed by atoms with van der Waals surface area (Å²) in [5, 5.41) is 0. The molecule has 0 aromatic heterocycles. The minimum Gasteiger partial charge on any atom is -0.324 e. The summed E-state index contributed by atoms with van der Waals surface area (Å²) in [6.45, 7) is 1.35. The normalized spacial score (nSPS) is 12.7. The van der Waals surface area contributed by atoms with Crippen molar-refractivity contribution < 1.29 is 26.3 Å². The average molecular weight is 324 g/mol. The minimum atomic E-state index is -4.88. The Kier molecular flexibility index (Phi) is 4.58. The van der Waals surface area contributed by atoms with Gasteiger partial charge in [0, 0.05) is 5.56 Å². The lowest BCUT2D eigenvalue weighted by atomic mass is 9.97. The second-order valence-electron chi connectivity index (χ2n) is 4.66. The van der Waals surface area contributed by atoms with E-state index in [-0.39, 0.29) is 5.56 Å². The third kappa shape index (κ3) is 3.90. The second kappa shape index (κ2) is 6.25. The molecular formula is C15H13FO5S. The quantitative estimate of drug-likeness (QED) is 0.875. The maximum atomic E-state index is 14.2. The Bertz CT molecular complexity index is 787. The van der Waals surface area contributed by atoms with Crippen molar-refractivity contribution in [2.45, 2.75) is 12.8 Å². The van der Waals surface area contributed by atoms with Crippen molar-refractivity contribution in [1.29, 1.82) is 0 Å². The fraction of sp³-hybridized carbons (Fsp3) is 0.133. The van der Waals surface area contributed by atoms with Crippen molar-refractivity contribution in [2.24, 2.45) is 0 Å². The minimum absolute atomic E-state index is 0.242. The number of carbonyl (C=O) groups is 1. The van der Waals surface area contributed by atoms with Gasteiger partial charge in [-0.2, -0.15) is 8.42 Å². The summed E-state index contributed by atoms with van der Waals surface area (Å²) in [4.78, 5) is 11.5. The van der Waals surface area contributed by atoms with E-state index in [0.717, 1.165) is 6.07 Å².